The standard InChI is InChI=1S/C18H21NO2/c20-18(10-5-11-18)14-19-13-15-6-4-9-17(12-15)21-16-7-2-1-3-8-16/h1-4,6-9,12,19-20H,5,10-11,13-14H2. The van der Waals surface area contributed by atoms with Gasteiger partial charge in [-0.15, -0.1) is 0 Å². The van der Waals surface area contributed by atoms with Crippen LogP contribution in [0.3, 0.4) is 0 Å². The van der Waals surface area contributed by atoms with Crippen molar-refractivity contribution >= 4 is 0 Å². The van der Waals surface area contributed by atoms with Crippen molar-refractivity contribution in [3.63, 3.8) is 0 Å². The van der Waals surface area contributed by atoms with Gasteiger partial charge >= 0.3 is 0 Å². The minimum absolute atomic E-state index is 0.474. The lowest BCUT2D eigenvalue weighted by Crippen LogP contribution is -2.45. The number of benzene rings is 2. The Balaban J connectivity index is 1.55. The molecule has 1 saturated carbocycles. The summed E-state index contributed by atoms with van der Waals surface area (Å²) < 4.78 is 5.82. The molecule has 0 radical (unpaired) electrons. The Labute approximate surface area is 125 Å². The van der Waals surface area contributed by atoms with E-state index in [1.165, 1.54) is 0 Å². The fraction of sp³-hybridized carbons (Fsp3) is 0.333. The zero-order chi connectivity index (χ0) is 14.5. The second-order valence-electron chi connectivity index (χ2n) is 5.74. The molecule has 0 saturated heterocycles. The highest BCUT2D eigenvalue weighted by atomic mass is 16.5. The van der Waals surface area contributed by atoms with Crippen molar-refractivity contribution in [2.75, 3.05) is 6.54 Å². The Morgan fingerprint density at radius 2 is 1.76 bits per heavy atom. The van der Waals surface area contributed by atoms with Crippen LogP contribution in [0, 0.1) is 0 Å². The topological polar surface area (TPSA) is 41.5 Å². The van der Waals surface area contributed by atoms with Crippen molar-refractivity contribution in [3.8, 4) is 11.5 Å². The van der Waals surface area contributed by atoms with Gasteiger partial charge < -0.3 is 15.2 Å². The number of rotatable bonds is 6. The van der Waals surface area contributed by atoms with E-state index in [0.717, 1.165) is 42.9 Å². The highest BCUT2D eigenvalue weighted by Crippen LogP contribution is 2.30. The first-order chi connectivity index (χ1) is 10.2. The van der Waals surface area contributed by atoms with Gasteiger partial charge in [-0.2, -0.15) is 0 Å². The molecule has 0 atom stereocenters. The summed E-state index contributed by atoms with van der Waals surface area (Å²) in [6.07, 6.45) is 2.97. The maximum absolute atomic E-state index is 10.1. The van der Waals surface area contributed by atoms with Crippen molar-refractivity contribution in [2.45, 2.75) is 31.4 Å². The lowest BCUT2D eigenvalue weighted by atomic mass is 9.80. The number of hydrogen-bond donors (Lipinski definition) is 2. The summed E-state index contributed by atoms with van der Waals surface area (Å²) in [5, 5.41) is 13.4. The number of nitrogens with one attached hydrogen (secondary N) is 1. The first-order valence-corrected chi connectivity index (χ1v) is 7.49. The van der Waals surface area contributed by atoms with Gasteiger partial charge in [-0.25, -0.2) is 0 Å². The molecule has 3 nitrogen and oxygen atoms in total. The molecule has 0 amide bonds. The Bertz CT molecular complexity index is 579. The van der Waals surface area contributed by atoms with Crippen LogP contribution < -0.4 is 10.1 Å². The summed E-state index contributed by atoms with van der Waals surface area (Å²) >= 11 is 0. The summed E-state index contributed by atoms with van der Waals surface area (Å²) in [4.78, 5) is 0. The summed E-state index contributed by atoms with van der Waals surface area (Å²) in [6.45, 7) is 1.41. The Kier molecular flexibility index (Phi) is 4.23. The van der Waals surface area contributed by atoms with Crippen LogP contribution in [0.2, 0.25) is 0 Å². The normalized spacial score (nSPS) is 16.2. The Morgan fingerprint density at radius 1 is 1.00 bits per heavy atom. The van der Waals surface area contributed by atoms with Crippen molar-refractivity contribution in [1.82, 2.24) is 5.32 Å². The second-order valence-corrected chi connectivity index (χ2v) is 5.74. The SMILES string of the molecule is OC1(CNCc2cccc(Oc3ccccc3)c2)CCC1. The van der Waals surface area contributed by atoms with E-state index in [1.54, 1.807) is 0 Å². The molecule has 1 aliphatic carbocycles. The van der Waals surface area contributed by atoms with E-state index in [0.29, 0.717) is 6.54 Å². The molecule has 21 heavy (non-hydrogen) atoms. The smallest absolute Gasteiger partial charge is 0.127 e. The third kappa shape index (κ3) is 3.84. The van der Waals surface area contributed by atoms with E-state index in [9.17, 15) is 5.11 Å². The van der Waals surface area contributed by atoms with Gasteiger partial charge in [-0.1, -0.05) is 30.3 Å². The molecule has 0 spiro atoms. The summed E-state index contributed by atoms with van der Waals surface area (Å²) in [6, 6.07) is 17.8. The van der Waals surface area contributed by atoms with Gasteiger partial charge in [-0.05, 0) is 49.1 Å². The van der Waals surface area contributed by atoms with Crippen LogP contribution in [0.4, 0.5) is 0 Å². The summed E-state index contributed by atoms with van der Waals surface area (Å²) in [5.41, 5.74) is 0.685. The summed E-state index contributed by atoms with van der Waals surface area (Å²) in [5.74, 6) is 1.68. The lowest BCUT2D eigenvalue weighted by molar-refractivity contribution is -0.0314. The largest absolute Gasteiger partial charge is 0.457 e. The molecule has 1 fully saturated rings. The van der Waals surface area contributed by atoms with Crippen molar-refractivity contribution in [3.05, 3.63) is 60.2 Å². The monoisotopic (exact) mass is 283 g/mol. The van der Waals surface area contributed by atoms with Crippen LogP contribution in [0.1, 0.15) is 24.8 Å². The van der Waals surface area contributed by atoms with Crippen LogP contribution in [0.15, 0.2) is 54.6 Å². The van der Waals surface area contributed by atoms with E-state index in [-0.39, 0.29) is 0 Å². The molecule has 2 N–H and O–H groups in total. The third-order valence-electron chi connectivity index (χ3n) is 3.94. The number of ether oxygens (including phenoxy) is 1. The van der Waals surface area contributed by atoms with Gasteiger partial charge in [0.2, 0.25) is 0 Å². The van der Waals surface area contributed by atoms with E-state index >= 15 is 0 Å². The van der Waals surface area contributed by atoms with Gasteiger partial charge in [0.1, 0.15) is 11.5 Å². The molecule has 0 heterocycles. The Hall–Kier alpha value is -1.84. The molecular formula is C18H21NO2. The molecule has 1 aliphatic rings. The van der Waals surface area contributed by atoms with Gasteiger partial charge in [0, 0.05) is 13.1 Å². The molecule has 2 aromatic carbocycles. The van der Waals surface area contributed by atoms with Crippen LogP contribution in [-0.4, -0.2) is 17.3 Å². The van der Waals surface area contributed by atoms with Crippen LogP contribution in [0.25, 0.3) is 0 Å². The second kappa shape index (κ2) is 6.29. The van der Waals surface area contributed by atoms with Gasteiger partial charge in [0.15, 0.2) is 0 Å². The minimum Gasteiger partial charge on any atom is -0.457 e. The zero-order valence-corrected chi connectivity index (χ0v) is 12.1. The van der Waals surface area contributed by atoms with Crippen LogP contribution in [0.5, 0.6) is 11.5 Å². The predicted molar refractivity (Wildman–Crippen MR) is 83.5 cm³/mol. The van der Waals surface area contributed by atoms with E-state index < -0.39 is 5.60 Å². The lowest BCUT2D eigenvalue weighted by Gasteiger charge is -2.36. The van der Waals surface area contributed by atoms with E-state index in [1.807, 2.05) is 48.5 Å². The van der Waals surface area contributed by atoms with Gasteiger partial charge in [0.25, 0.3) is 0 Å². The van der Waals surface area contributed by atoms with E-state index in [2.05, 4.69) is 11.4 Å². The molecule has 3 rings (SSSR count). The maximum Gasteiger partial charge on any atom is 0.127 e. The van der Waals surface area contributed by atoms with Gasteiger partial charge in [-0.3, -0.25) is 0 Å². The fourth-order valence-electron chi connectivity index (χ4n) is 2.54. The maximum atomic E-state index is 10.1. The van der Waals surface area contributed by atoms with E-state index in [4.69, 9.17) is 4.74 Å². The molecule has 0 unspecified atom stereocenters. The summed E-state index contributed by atoms with van der Waals surface area (Å²) in [7, 11) is 0. The number of para-hydroxylation sites is 1. The fourth-order valence-corrected chi connectivity index (χ4v) is 2.54. The molecule has 3 heteroatoms. The average Bonchev–Trinajstić information content (AvgIpc) is 2.47. The average molecular weight is 283 g/mol. The molecule has 0 aliphatic heterocycles. The van der Waals surface area contributed by atoms with Crippen LogP contribution >= 0.6 is 0 Å². The van der Waals surface area contributed by atoms with Crippen LogP contribution in [-0.2, 0) is 6.54 Å². The molecule has 110 valence electrons. The number of hydrogen-bond acceptors (Lipinski definition) is 3. The first kappa shape index (κ1) is 14.1. The van der Waals surface area contributed by atoms with Crippen molar-refractivity contribution in [2.24, 2.45) is 0 Å². The number of aliphatic hydroxyl groups is 1. The first-order valence-electron chi connectivity index (χ1n) is 7.49. The molecule has 0 aromatic heterocycles. The predicted octanol–water partition coefficient (Wildman–Crippen LogP) is 3.48. The zero-order valence-electron chi connectivity index (χ0n) is 12.1. The quantitative estimate of drug-likeness (QED) is 0.852. The highest BCUT2D eigenvalue weighted by molar-refractivity contribution is 5.33. The molecule has 0 bridgehead atoms. The minimum atomic E-state index is -0.474. The molecule has 2 aromatic rings. The Morgan fingerprint density at radius 3 is 2.48 bits per heavy atom. The highest BCUT2D eigenvalue weighted by Gasteiger charge is 2.33. The third-order valence-corrected chi connectivity index (χ3v) is 3.94. The van der Waals surface area contributed by atoms with Crippen molar-refractivity contribution in [1.29, 1.82) is 0 Å². The molecular weight excluding hydrogens is 262 g/mol. The van der Waals surface area contributed by atoms with Crippen molar-refractivity contribution < 1.29 is 9.84 Å². The van der Waals surface area contributed by atoms with Gasteiger partial charge in [0.05, 0.1) is 5.60 Å².